The summed E-state index contributed by atoms with van der Waals surface area (Å²) in [5.41, 5.74) is 2.31. The summed E-state index contributed by atoms with van der Waals surface area (Å²) >= 11 is 0. The molecule has 1 saturated carbocycles. The number of ether oxygens (including phenoxy) is 1. The van der Waals surface area contributed by atoms with Crippen LogP contribution in [0.15, 0.2) is 53.3 Å². The van der Waals surface area contributed by atoms with Gasteiger partial charge in [-0.25, -0.2) is 9.07 Å². The molecule has 194 valence electrons. The highest BCUT2D eigenvalue weighted by atomic mass is 19.1. The van der Waals surface area contributed by atoms with Crippen LogP contribution in [0, 0.1) is 5.82 Å². The second-order valence-electron chi connectivity index (χ2n) is 9.79. The minimum absolute atomic E-state index is 0.0653. The number of rotatable bonds is 9. The Morgan fingerprint density at radius 3 is 2.65 bits per heavy atom. The normalized spacial score (nSPS) is 15.4. The largest absolute Gasteiger partial charge is 0.497 e. The van der Waals surface area contributed by atoms with Crippen LogP contribution in [0.1, 0.15) is 68.4 Å². The zero-order valence-corrected chi connectivity index (χ0v) is 21.4. The predicted octanol–water partition coefficient (Wildman–Crippen LogP) is 5.00. The van der Waals surface area contributed by atoms with Crippen LogP contribution >= 0.6 is 0 Å². The number of halogens is 1. The van der Waals surface area contributed by atoms with Gasteiger partial charge in [0.1, 0.15) is 11.6 Å². The number of fused-ring (bicyclic) bond motifs is 1. The van der Waals surface area contributed by atoms with Crippen molar-refractivity contribution < 1.29 is 9.13 Å². The third-order valence-corrected chi connectivity index (χ3v) is 7.42. The number of aromatic nitrogens is 5. The number of tetrazole rings is 1. The van der Waals surface area contributed by atoms with E-state index >= 15 is 0 Å². The second kappa shape index (κ2) is 11.2. The van der Waals surface area contributed by atoms with Gasteiger partial charge in [-0.05, 0) is 71.0 Å². The molecule has 5 rings (SSSR count). The van der Waals surface area contributed by atoms with Gasteiger partial charge >= 0.3 is 0 Å². The van der Waals surface area contributed by atoms with Gasteiger partial charge in [0.15, 0.2) is 5.82 Å². The van der Waals surface area contributed by atoms with Gasteiger partial charge in [-0.15, -0.1) is 5.10 Å². The van der Waals surface area contributed by atoms with Gasteiger partial charge in [-0.3, -0.25) is 9.69 Å². The molecule has 8 nitrogen and oxygen atoms in total. The summed E-state index contributed by atoms with van der Waals surface area (Å²) in [5, 5.41) is 13.7. The smallest absolute Gasteiger partial charge is 0.252 e. The van der Waals surface area contributed by atoms with E-state index in [2.05, 4.69) is 32.3 Å². The fourth-order valence-electron chi connectivity index (χ4n) is 5.46. The number of hydrogen-bond donors (Lipinski definition) is 1. The van der Waals surface area contributed by atoms with Gasteiger partial charge in [0.05, 0.1) is 25.2 Å². The van der Waals surface area contributed by atoms with E-state index in [1.807, 2.05) is 24.3 Å². The number of H-pyrrole nitrogens is 1. The molecule has 1 aliphatic rings. The number of benzene rings is 2. The molecule has 0 saturated heterocycles. The van der Waals surface area contributed by atoms with Crippen LogP contribution in [0.3, 0.4) is 0 Å². The summed E-state index contributed by atoms with van der Waals surface area (Å²) in [6, 6.07) is 14.4. The highest BCUT2D eigenvalue weighted by Crippen LogP contribution is 2.33. The zero-order valence-electron chi connectivity index (χ0n) is 21.4. The molecule has 1 atom stereocenters. The van der Waals surface area contributed by atoms with Crippen LogP contribution < -0.4 is 10.3 Å². The van der Waals surface area contributed by atoms with Crippen LogP contribution in [0.25, 0.3) is 10.9 Å². The van der Waals surface area contributed by atoms with E-state index in [1.165, 1.54) is 31.4 Å². The number of nitrogens with zero attached hydrogens (tertiary/aromatic N) is 5. The van der Waals surface area contributed by atoms with Gasteiger partial charge in [-0.1, -0.05) is 38.3 Å². The molecule has 37 heavy (non-hydrogen) atoms. The molecule has 0 aliphatic heterocycles. The van der Waals surface area contributed by atoms with E-state index in [0.717, 1.165) is 47.1 Å². The third-order valence-electron chi connectivity index (χ3n) is 7.42. The minimum Gasteiger partial charge on any atom is -0.497 e. The van der Waals surface area contributed by atoms with E-state index in [-0.39, 0.29) is 17.4 Å². The van der Waals surface area contributed by atoms with Crippen molar-refractivity contribution in [2.45, 2.75) is 70.6 Å². The van der Waals surface area contributed by atoms with Crippen molar-refractivity contribution in [1.29, 1.82) is 0 Å². The van der Waals surface area contributed by atoms with Crippen LogP contribution in [0.2, 0.25) is 0 Å². The highest BCUT2D eigenvalue weighted by molar-refractivity contribution is 5.80. The van der Waals surface area contributed by atoms with Crippen LogP contribution in [0.5, 0.6) is 5.75 Å². The molecular formula is C28H33FN6O2. The van der Waals surface area contributed by atoms with Gasteiger partial charge < -0.3 is 9.72 Å². The Kier molecular flexibility index (Phi) is 7.60. The fourth-order valence-corrected chi connectivity index (χ4v) is 5.46. The lowest BCUT2D eigenvalue weighted by Crippen LogP contribution is -2.41. The highest BCUT2D eigenvalue weighted by Gasteiger charge is 2.32. The topological polar surface area (TPSA) is 88.9 Å². The number of methoxy groups -OCH3 is 1. The number of pyridine rings is 1. The SMILES string of the molecule is CC[C@@H](c1nnnn1Cc1ccc(F)cc1)N(Cc1cc2ccc(OC)cc2[nH]c1=O)C1CCCCC1. The van der Waals surface area contributed by atoms with Crippen molar-refractivity contribution in [3.8, 4) is 5.75 Å². The van der Waals surface area contributed by atoms with Crippen molar-refractivity contribution in [1.82, 2.24) is 30.1 Å². The van der Waals surface area contributed by atoms with Crippen molar-refractivity contribution in [2.24, 2.45) is 0 Å². The Bertz CT molecular complexity index is 1390. The van der Waals surface area contributed by atoms with Crippen molar-refractivity contribution >= 4 is 10.9 Å². The maximum atomic E-state index is 13.4. The molecular weight excluding hydrogens is 471 g/mol. The molecule has 4 aromatic rings. The first-order chi connectivity index (χ1) is 18.1. The molecule has 2 aromatic carbocycles. The summed E-state index contributed by atoms with van der Waals surface area (Å²) < 4.78 is 20.5. The third kappa shape index (κ3) is 5.56. The van der Waals surface area contributed by atoms with E-state index in [4.69, 9.17) is 4.74 Å². The Morgan fingerprint density at radius 2 is 1.92 bits per heavy atom. The molecule has 2 aromatic heterocycles. The van der Waals surface area contributed by atoms with Gasteiger partial charge in [-0.2, -0.15) is 0 Å². The van der Waals surface area contributed by atoms with Crippen LogP contribution in [0.4, 0.5) is 4.39 Å². The average molecular weight is 505 g/mol. The first-order valence-corrected chi connectivity index (χ1v) is 13.0. The molecule has 0 radical (unpaired) electrons. The average Bonchev–Trinajstić information content (AvgIpc) is 3.38. The summed E-state index contributed by atoms with van der Waals surface area (Å²) in [7, 11) is 1.62. The van der Waals surface area contributed by atoms with Crippen LogP contribution in [-0.4, -0.2) is 43.2 Å². The molecule has 0 unspecified atom stereocenters. The summed E-state index contributed by atoms with van der Waals surface area (Å²) in [5.74, 6) is 1.20. The lowest BCUT2D eigenvalue weighted by Gasteiger charge is -2.39. The standard InChI is InChI=1S/C28H33FN6O2/c1-3-26(27-31-32-33-35(27)17-19-9-12-22(29)13-10-19)34(23-7-5-4-6-8-23)18-21-15-20-11-14-24(37-2)16-25(20)30-28(21)36/h9-16,23,26H,3-8,17-18H2,1-2H3,(H,30,36)/t26-/m0/s1. The summed E-state index contributed by atoms with van der Waals surface area (Å²) in [4.78, 5) is 18.7. The van der Waals surface area contributed by atoms with E-state index in [0.29, 0.717) is 24.9 Å². The van der Waals surface area contributed by atoms with Gasteiger partial charge in [0, 0.05) is 24.2 Å². The Hall–Kier alpha value is -3.59. The van der Waals surface area contributed by atoms with E-state index in [1.54, 1.807) is 23.9 Å². The molecule has 0 amide bonds. The Morgan fingerprint density at radius 1 is 1.14 bits per heavy atom. The number of hydrogen-bond acceptors (Lipinski definition) is 6. The fraction of sp³-hybridized carbons (Fsp3) is 0.429. The second-order valence-corrected chi connectivity index (χ2v) is 9.79. The lowest BCUT2D eigenvalue weighted by molar-refractivity contribution is 0.0844. The molecule has 2 heterocycles. The van der Waals surface area contributed by atoms with Crippen molar-refractivity contribution in [3.63, 3.8) is 0 Å². The predicted molar refractivity (Wildman–Crippen MR) is 140 cm³/mol. The number of aromatic amines is 1. The first kappa shape index (κ1) is 25.1. The molecule has 1 N–H and O–H groups in total. The molecule has 1 aliphatic carbocycles. The molecule has 0 bridgehead atoms. The van der Waals surface area contributed by atoms with E-state index in [9.17, 15) is 9.18 Å². The maximum absolute atomic E-state index is 13.4. The first-order valence-electron chi connectivity index (χ1n) is 13.0. The summed E-state index contributed by atoms with van der Waals surface area (Å²) in [6.07, 6.45) is 6.54. The minimum atomic E-state index is -0.269. The van der Waals surface area contributed by atoms with E-state index < -0.39 is 0 Å². The van der Waals surface area contributed by atoms with Gasteiger partial charge in [0.2, 0.25) is 0 Å². The lowest BCUT2D eigenvalue weighted by atomic mass is 9.92. The number of nitrogens with one attached hydrogen (secondary N) is 1. The van der Waals surface area contributed by atoms with Crippen molar-refractivity contribution in [2.75, 3.05) is 7.11 Å². The zero-order chi connectivity index (χ0) is 25.8. The Labute approximate surface area is 215 Å². The van der Waals surface area contributed by atoms with Gasteiger partial charge in [0.25, 0.3) is 5.56 Å². The molecule has 0 spiro atoms. The monoisotopic (exact) mass is 504 g/mol. The van der Waals surface area contributed by atoms with Crippen molar-refractivity contribution in [3.05, 3.63) is 81.7 Å². The quantitative estimate of drug-likeness (QED) is 0.345. The maximum Gasteiger partial charge on any atom is 0.252 e. The molecule has 9 heteroatoms. The summed E-state index contributed by atoms with van der Waals surface area (Å²) in [6.45, 7) is 3.09. The Balaban J connectivity index is 1.49. The van der Waals surface area contributed by atoms with Crippen LogP contribution in [-0.2, 0) is 13.1 Å². The molecule has 1 fully saturated rings.